The lowest BCUT2D eigenvalue weighted by molar-refractivity contribution is -0.0291. The van der Waals surface area contributed by atoms with Crippen LogP contribution < -0.4 is 0 Å². The van der Waals surface area contributed by atoms with Gasteiger partial charge >= 0.3 is 0 Å². The number of ether oxygens (including phenoxy) is 1. The van der Waals surface area contributed by atoms with Crippen molar-refractivity contribution in [3.8, 4) is 0 Å². The van der Waals surface area contributed by atoms with Crippen molar-refractivity contribution in [2.24, 2.45) is 0 Å². The zero-order valence-electron chi connectivity index (χ0n) is 6.40. The second-order valence-corrected chi connectivity index (χ2v) is 2.94. The van der Waals surface area contributed by atoms with Crippen molar-refractivity contribution in [3.05, 3.63) is 6.67 Å². The molecule has 1 radical (unpaired) electrons. The molecule has 0 aromatic heterocycles. The molecule has 0 aromatic carbocycles. The summed E-state index contributed by atoms with van der Waals surface area (Å²) in [6.45, 7) is 0.714. The first-order valence-electron chi connectivity index (χ1n) is 3.83. The van der Waals surface area contributed by atoms with Crippen LogP contribution in [0.2, 0.25) is 0 Å². The summed E-state index contributed by atoms with van der Waals surface area (Å²) < 4.78 is 17.4. The Kier molecular flexibility index (Phi) is 2.66. The molecule has 0 N–H and O–H groups in total. The van der Waals surface area contributed by atoms with Gasteiger partial charge in [-0.15, -0.1) is 0 Å². The third-order valence-electron chi connectivity index (χ3n) is 2.31. The van der Waals surface area contributed by atoms with Gasteiger partial charge in [-0.1, -0.05) is 19.3 Å². The van der Waals surface area contributed by atoms with Crippen molar-refractivity contribution in [1.82, 2.24) is 0 Å². The molecular weight excluding hydrogens is 131 g/mol. The Bertz CT molecular complexity index is 91.4. The molecule has 0 saturated heterocycles. The summed E-state index contributed by atoms with van der Waals surface area (Å²) in [5.41, 5.74) is -0.530. The number of hydrogen-bond donors (Lipinski definition) is 0. The summed E-state index contributed by atoms with van der Waals surface area (Å²) in [5, 5.41) is 0. The minimum Gasteiger partial charge on any atom is -0.375 e. The van der Waals surface area contributed by atoms with Crippen molar-refractivity contribution in [2.45, 2.75) is 37.7 Å². The van der Waals surface area contributed by atoms with Crippen LogP contribution in [0, 0.1) is 6.67 Å². The molecule has 0 bridgehead atoms. The lowest BCUT2D eigenvalue weighted by atomic mass is 9.86. The van der Waals surface area contributed by atoms with E-state index in [1.54, 1.807) is 7.11 Å². The molecule has 1 aliphatic rings. The quantitative estimate of drug-likeness (QED) is 0.580. The van der Waals surface area contributed by atoms with Gasteiger partial charge in [0.25, 0.3) is 0 Å². The van der Waals surface area contributed by atoms with Crippen LogP contribution in [0.1, 0.15) is 32.1 Å². The molecular formula is C8H14FO. The van der Waals surface area contributed by atoms with Gasteiger partial charge in [0.1, 0.15) is 5.60 Å². The molecule has 0 spiro atoms. The molecule has 0 aliphatic heterocycles. The van der Waals surface area contributed by atoms with E-state index in [-0.39, 0.29) is 0 Å². The van der Waals surface area contributed by atoms with Gasteiger partial charge in [0.15, 0.2) is 6.67 Å². The SMILES string of the molecule is COC1([CH]F)CCCCC1. The van der Waals surface area contributed by atoms with E-state index in [1.165, 1.54) is 6.42 Å². The van der Waals surface area contributed by atoms with Gasteiger partial charge < -0.3 is 4.74 Å². The fraction of sp³-hybridized carbons (Fsp3) is 0.875. The van der Waals surface area contributed by atoms with Gasteiger partial charge in [0.05, 0.1) is 0 Å². The van der Waals surface area contributed by atoms with Crippen LogP contribution in [-0.4, -0.2) is 12.7 Å². The van der Waals surface area contributed by atoms with E-state index in [4.69, 9.17) is 4.74 Å². The Morgan fingerprint density at radius 2 is 1.90 bits per heavy atom. The van der Waals surface area contributed by atoms with Gasteiger partial charge in [-0.2, -0.15) is 0 Å². The van der Waals surface area contributed by atoms with Crippen molar-refractivity contribution < 1.29 is 9.13 Å². The van der Waals surface area contributed by atoms with E-state index in [9.17, 15) is 4.39 Å². The summed E-state index contributed by atoms with van der Waals surface area (Å²) in [5.74, 6) is 0. The summed E-state index contributed by atoms with van der Waals surface area (Å²) in [4.78, 5) is 0. The molecule has 1 rings (SSSR count). The van der Waals surface area contributed by atoms with Gasteiger partial charge in [0.2, 0.25) is 0 Å². The fourth-order valence-electron chi connectivity index (χ4n) is 1.51. The highest BCUT2D eigenvalue weighted by Crippen LogP contribution is 2.33. The monoisotopic (exact) mass is 145 g/mol. The zero-order valence-corrected chi connectivity index (χ0v) is 6.40. The van der Waals surface area contributed by atoms with E-state index in [1.807, 2.05) is 0 Å². The maximum absolute atomic E-state index is 12.3. The number of halogens is 1. The summed E-state index contributed by atoms with van der Waals surface area (Å²) in [6.07, 6.45) is 5.10. The summed E-state index contributed by atoms with van der Waals surface area (Å²) in [6, 6.07) is 0. The molecule has 1 aliphatic carbocycles. The zero-order chi connectivity index (χ0) is 7.45. The first-order valence-corrected chi connectivity index (χ1v) is 3.83. The van der Waals surface area contributed by atoms with Gasteiger partial charge in [-0.25, -0.2) is 4.39 Å². The Morgan fingerprint density at radius 1 is 1.30 bits per heavy atom. The fourth-order valence-corrected chi connectivity index (χ4v) is 1.51. The van der Waals surface area contributed by atoms with Crippen molar-refractivity contribution >= 4 is 0 Å². The number of methoxy groups -OCH3 is 1. The third kappa shape index (κ3) is 1.48. The topological polar surface area (TPSA) is 9.23 Å². The van der Waals surface area contributed by atoms with Crippen molar-refractivity contribution in [2.75, 3.05) is 7.11 Å². The molecule has 2 heteroatoms. The van der Waals surface area contributed by atoms with Crippen molar-refractivity contribution in [3.63, 3.8) is 0 Å². The molecule has 59 valence electrons. The molecule has 0 unspecified atom stereocenters. The van der Waals surface area contributed by atoms with E-state index in [2.05, 4.69) is 0 Å². The average molecular weight is 145 g/mol. The highest BCUT2D eigenvalue weighted by atomic mass is 19.1. The summed E-state index contributed by atoms with van der Waals surface area (Å²) >= 11 is 0. The minimum absolute atomic E-state index is 0.530. The van der Waals surface area contributed by atoms with Gasteiger partial charge in [-0.05, 0) is 12.8 Å². The first kappa shape index (κ1) is 7.99. The smallest absolute Gasteiger partial charge is 0.163 e. The second-order valence-electron chi connectivity index (χ2n) is 2.94. The van der Waals surface area contributed by atoms with Crippen LogP contribution in [-0.2, 0) is 4.74 Å². The molecule has 10 heavy (non-hydrogen) atoms. The average Bonchev–Trinajstić information content (AvgIpc) is 2.06. The highest BCUT2D eigenvalue weighted by molar-refractivity contribution is 4.90. The lowest BCUT2D eigenvalue weighted by Gasteiger charge is -2.32. The van der Waals surface area contributed by atoms with Crippen LogP contribution >= 0.6 is 0 Å². The predicted molar refractivity (Wildman–Crippen MR) is 38.2 cm³/mol. The number of rotatable bonds is 2. The van der Waals surface area contributed by atoms with Gasteiger partial charge in [0, 0.05) is 7.11 Å². The Balaban J connectivity index is 2.44. The van der Waals surface area contributed by atoms with Gasteiger partial charge in [-0.3, -0.25) is 0 Å². The van der Waals surface area contributed by atoms with Crippen LogP contribution in [0.3, 0.4) is 0 Å². The van der Waals surface area contributed by atoms with E-state index in [0.29, 0.717) is 6.67 Å². The highest BCUT2D eigenvalue weighted by Gasteiger charge is 2.32. The molecule has 0 atom stereocenters. The van der Waals surface area contributed by atoms with Crippen LogP contribution in [0.25, 0.3) is 0 Å². The molecule has 0 heterocycles. The molecule has 1 nitrogen and oxygen atoms in total. The van der Waals surface area contributed by atoms with Crippen LogP contribution in [0.5, 0.6) is 0 Å². The predicted octanol–water partition coefficient (Wildman–Crippen LogP) is 2.47. The Hall–Kier alpha value is -0.110. The molecule has 1 fully saturated rings. The number of hydrogen-bond acceptors (Lipinski definition) is 1. The molecule has 1 saturated carbocycles. The maximum Gasteiger partial charge on any atom is 0.163 e. The lowest BCUT2D eigenvalue weighted by Crippen LogP contribution is -2.32. The van der Waals surface area contributed by atoms with E-state index in [0.717, 1.165) is 25.7 Å². The van der Waals surface area contributed by atoms with E-state index >= 15 is 0 Å². The largest absolute Gasteiger partial charge is 0.375 e. The molecule has 0 aromatic rings. The maximum atomic E-state index is 12.3. The summed E-state index contributed by atoms with van der Waals surface area (Å²) in [7, 11) is 1.58. The third-order valence-corrected chi connectivity index (χ3v) is 2.31. The Labute approximate surface area is 61.6 Å². The van der Waals surface area contributed by atoms with Crippen LogP contribution in [0.4, 0.5) is 4.39 Å². The Morgan fingerprint density at radius 3 is 2.20 bits per heavy atom. The minimum atomic E-state index is -0.530. The van der Waals surface area contributed by atoms with E-state index < -0.39 is 5.60 Å². The normalized spacial score (nSPS) is 24.6. The van der Waals surface area contributed by atoms with Crippen LogP contribution in [0.15, 0.2) is 0 Å². The second kappa shape index (κ2) is 3.33. The van der Waals surface area contributed by atoms with Crippen molar-refractivity contribution in [1.29, 1.82) is 0 Å². The first-order chi connectivity index (χ1) is 4.83. The standard InChI is InChI=1S/C8H14FO/c1-10-8(7-9)5-3-2-4-6-8/h7H,2-6H2,1H3. The molecule has 0 amide bonds.